The van der Waals surface area contributed by atoms with E-state index in [9.17, 15) is 4.39 Å². The standard InChI is InChI=1S/C17H17ClFNO/c1-21-13-6-7-14-11(9-13)3-2-4-16(14)20-17-10-12(19)5-8-15(17)18/h5-10,16,20H,2-4H2,1H3. The number of hydrogen-bond donors (Lipinski definition) is 1. The number of ether oxygens (including phenoxy) is 1. The zero-order valence-corrected chi connectivity index (χ0v) is 12.6. The van der Waals surface area contributed by atoms with Crippen molar-refractivity contribution in [3.8, 4) is 5.75 Å². The maximum Gasteiger partial charge on any atom is 0.125 e. The first kappa shape index (κ1) is 14.2. The second kappa shape index (κ2) is 5.94. The van der Waals surface area contributed by atoms with E-state index < -0.39 is 0 Å². The number of methoxy groups -OCH3 is 1. The van der Waals surface area contributed by atoms with Crippen LogP contribution in [-0.2, 0) is 6.42 Å². The predicted molar refractivity (Wildman–Crippen MR) is 83.7 cm³/mol. The van der Waals surface area contributed by atoms with Crippen molar-refractivity contribution in [2.45, 2.75) is 25.3 Å². The third kappa shape index (κ3) is 2.98. The molecule has 2 aromatic carbocycles. The molecule has 21 heavy (non-hydrogen) atoms. The van der Waals surface area contributed by atoms with Gasteiger partial charge in [0, 0.05) is 0 Å². The fourth-order valence-electron chi connectivity index (χ4n) is 2.86. The fourth-order valence-corrected chi connectivity index (χ4v) is 3.04. The number of rotatable bonds is 3. The van der Waals surface area contributed by atoms with Crippen LogP contribution in [0.25, 0.3) is 0 Å². The van der Waals surface area contributed by atoms with Crippen LogP contribution in [0.3, 0.4) is 0 Å². The van der Waals surface area contributed by atoms with E-state index in [2.05, 4.69) is 17.4 Å². The second-order valence-electron chi connectivity index (χ2n) is 5.28. The molecular formula is C17H17ClFNO. The highest BCUT2D eigenvalue weighted by Crippen LogP contribution is 2.36. The summed E-state index contributed by atoms with van der Waals surface area (Å²) in [7, 11) is 1.67. The summed E-state index contributed by atoms with van der Waals surface area (Å²) in [6, 6.07) is 10.7. The summed E-state index contributed by atoms with van der Waals surface area (Å²) in [5.41, 5.74) is 3.17. The highest BCUT2D eigenvalue weighted by atomic mass is 35.5. The zero-order chi connectivity index (χ0) is 14.8. The van der Waals surface area contributed by atoms with E-state index in [1.807, 2.05) is 6.07 Å². The quantitative estimate of drug-likeness (QED) is 0.863. The largest absolute Gasteiger partial charge is 0.497 e. The number of fused-ring (bicyclic) bond motifs is 1. The monoisotopic (exact) mass is 305 g/mol. The molecule has 2 nitrogen and oxygen atoms in total. The van der Waals surface area contributed by atoms with Gasteiger partial charge in [-0.25, -0.2) is 4.39 Å². The van der Waals surface area contributed by atoms with Crippen LogP contribution < -0.4 is 10.1 Å². The van der Waals surface area contributed by atoms with Gasteiger partial charge in [-0.3, -0.25) is 0 Å². The lowest BCUT2D eigenvalue weighted by Crippen LogP contribution is -2.17. The Bertz CT molecular complexity index is 659. The van der Waals surface area contributed by atoms with E-state index in [-0.39, 0.29) is 11.9 Å². The average molecular weight is 306 g/mol. The number of anilines is 1. The van der Waals surface area contributed by atoms with Crippen LogP contribution in [0.5, 0.6) is 5.75 Å². The Balaban J connectivity index is 1.90. The molecule has 1 N–H and O–H groups in total. The van der Waals surface area contributed by atoms with Gasteiger partial charge < -0.3 is 10.1 Å². The molecule has 1 atom stereocenters. The van der Waals surface area contributed by atoms with Crippen molar-refractivity contribution in [2.24, 2.45) is 0 Å². The smallest absolute Gasteiger partial charge is 0.125 e. The van der Waals surface area contributed by atoms with Gasteiger partial charge >= 0.3 is 0 Å². The van der Waals surface area contributed by atoms with Crippen molar-refractivity contribution in [2.75, 3.05) is 12.4 Å². The van der Waals surface area contributed by atoms with Crippen LogP contribution in [0.2, 0.25) is 5.02 Å². The van der Waals surface area contributed by atoms with Gasteiger partial charge in [0.05, 0.1) is 23.9 Å². The van der Waals surface area contributed by atoms with Gasteiger partial charge in [-0.15, -0.1) is 0 Å². The van der Waals surface area contributed by atoms with Crippen LogP contribution in [0.1, 0.15) is 30.0 Å². The average Bonchev–Trinajstić information content (AvgIpc) is 2.50. The van der Waals surface area contributed by atoms with Crippen LogP contribution >= 0.6 is 11.6 Å². The normalized spacial score (nSPS) is 17.2. The Morgan fingerprint density at radius 1 is 1.24 bits per heavy atom. The molecule has 3 rings (SSSR count). The minimum atomic E-state index is -0.285. The summed E-state index contributed by atoms with van der Waals surface area (Å²) in [6.45, 7) is 0. The van der Waals surface area contributed by atoms with Gasteiger partial charge in [-0.1, -0.05) is 17.7 Å². The Morgan fingerprint density at radius 2 is 2.10 bits per heavy atom. The van der Waals surface area contributed by atoms with Crippen molar-refractivity contribution in [3.63, 3.8) is 0 Å². The molecule has 0 heterocycles. The first-order chi connectivity index (χ1) is 10.2. The molecule has 2 aromatic rings. The summed E-state index contributed by atoms with van der Waals surface area (Å²) in [6.07, 6.45) is 3.14. The van der Waals surface area contributed by atoms with E-state index in [1.165, 1.54) is 23.3 Å². The molecule has 0 radical (unpaired) electrons. The van der Waals surface area contributed by atoms with Gasteiger partial charge in [-0.2, -0.15) is 0 Å². The first-order valence-corrected chi connectivity index (χ1v) is 7.43. The van der Waals surface area contributed by atoms with Crippen molar-refractivity contribution < 1.29 is 9.13 Å². The SMILES string of the molecule is COc1ccc2c(c1)CCCC2Nc1cc(F)ccc1Cl. The molecule has 0 fully saturated rings. The van der Waals surface area contributed by atoms with E-state index in [0.717, 1.165) is 25.0 Å². The van der Waals surface area contributed by atoms with Crippen LogP contribution in [-0.4, -0.2) is 7.11 Å². The number of halogens is 2. The number of aryl methyl sites for hydroxylation is 1. The maximum absolute atomic E-state index is 13.4. The maximum atomic E-state index is 13.4. The molecule has 0 amide bonds. The summed E-state index contributed by atoms with van der Waals surface area (Å²) in [4.78, 5) is 0. The van der Waals surface area contributed by atoms with E-state index >= 15 is 0 Å². The van der Waals surface area contributed by atoms with Gasteiger partial charge in [0.25, 0.3) is 0 Å². The van der Waals surface area contributed by atoms with Gasteiger partial charge in [0.15, 0.2) is 0 Å². The fraction of sp³-hybridized carbons (Fsp3) is 0.294. The molecular weight excluding hydrogens is 289 g/mol. The van der Waals surface area contributed by atoms with Gasteiger partial charge in [-0.05, 0) is 60.7 Å². The third-order valence-corrected chi connectivity index (χ3v) is 4.25. The molecule has 1 aliphatic rings. The molecule has 0 aliphatic heterocycles. The summed E-state index contributed by atoms with van der Waals surface area (Å²) in [5, 5.41) is 3.91. The van der Waals surface area contributed by atoms with Crippen molar-refractivity contribution >= 4 is 17.3 Å². The Hall–Kier alpha value is -1.74. The topological polar surface area (TPSA) is 21.3 Å². The first-order valence-electron chi connectivity index (χ1n) is 7.06. The highest BCUT2D eigenvalue weighted by molar-refractivity contribution is 6.33. The molecule has 1 aliphatic carbocycles. The second-order valence-corrected chi connectivity index (χ2v) is 5.69. The number of hydrogen-bond acceptors (Lipinski definition) is 2. The van der Waals surface area contributed by atoms with Crippen molar-refractivity contribution in [3.05, 3.63) is 58.4 Å². The lowest BCUT2D eigenvalue weighted by molar-refractivity contribution is 0.413. The van der Waals surface area contributed by atoms with Crippen LogP contribution in [0.15, 0.2) is 36.4 Å². The molecule has 0 saturated heterocycles. The summed E-state index contributed by atoms with van der Waals surface area (Å²) in [5.74, 6) is 0.589. The Kier molecular flexibility index (Phi) is 4.02. The Labute approximate surface area is 128 Å². The summed E-state index contributed by atoms with van der Waals surface area (Å²) < 4.78 is 18.7. The predicted octanol–water partition coefficient (Wildman–Crippen LogP) is 4.98. The molecule has 0 spiro atoms. The minimum absolute atomic E-state index is 0.152. The highest BCUT2D eigenvalue weighted by Gasteiger charge is 2.21. The lowest BCUT2D eigenvalue weighted by Gasteiger charge is -2.28. The van der Waals surface area contributed by atoms with Crippen LogP contribution in [0, 0.1) is 5.82 Å². The summed E-state index contributed by atoms with van der Waals surface area (Å²) >= 11 is 6.14. The molecule has 110 valence electrons. The molecule has 0 bridgehead atoms. The number of benzene rings is 2. The molecule has 0 aromatic heterocycles. The van der Waals surface area contributed by atoms with E-state index in [0.29, 0.717) is 10.7 Å². The molecule has 0 saturated carbocycles. The Morgan fingerprint density at radius 3 is 2.90 bits per heavy atom. The van der Waals surface area contributed by atoms with Gasteiger partial charge in [0.2, 0.25) is 0 Å². The minimum Gasteiger partial charge on any atom is -0.497 e. The molecule has 1 unspecified atom stereocenters. The van der Waals surface area contributed by atoms with Gasteiger partial charge in [0.1, 0.15) is 11.6 Å². The van der Waals surface area contributed by atoms with Crippen LogP contribution in [0.4, 0.5) is 10.1 Å². The van der Waals surface area contributed by atoms with Crippen molar-refractivity contribution in [1.29, 1.82) is 0 Å². The van der Waals surface area contributed by atoms with Crippen molar-refractivity contribution in [1.82, 2.24) is 0 Å². The van der Waals surface area contributed by atoms with E-state index in [4.69, 9.17) is 16.3 Å². The zero-order valence-electron chi connectivity index (χ0n) is 11.8. The third-order valence-electron chi connectivity index (χ3n) is 3.92. The van der Waals surface area contributed by atoms with E-state index in [1.54, 1.807) is 13.2 Å². The number of nitrogens with one attached hydrogen (secondary N) is 1. The lowest BCUT2D eigenvalue weighted by atomic mass is 9.87. The molecule has 4 heteroatoms.